The highest BCUT2D eigenvalue weighted by Gasteiger charge is 2.42. The Kier molecular flexibility index (Phi) is 7.77. The van der Waals surface area contributed by atoms with E-state index in [0.29, 0.717) is 60.4 Å². The number of hydrogen-bond acceptors (Lipinski definition) is 2. The van der Waals surface area contributed by atoms with Crippen LogP contribution >= 0.6 is 0 Å². The van der Waals surface area contributed by atoms with Gasteiger partial charge in [0.2, 0.25) is 0 Å². The molecule has 0 aromatic heterocycles. The van der Waals surface area contributed by atoms with Crippen LogP contribution in [0.2, 0.25) is 0 Å². The Morgan fingerprint density at radius 2 is 1.43 bits per heavy atom. The molecule has 1 fully saturated rings. The molecule has 0 amide bonds. The van der Waals surface area contributed by atoms with Gasteiger partial charge in [0.1, 0.15) is 46.1 Å². The summed E-state index contributed by atoms with van der Waals surface area (Å²) in [7, 11) is 0. The predicted octanol–water partition coefficient (Wildman–Crippen LogP) is 9.12. The first-order valence-corrected chi connectivity index (χ1v) is 13.5. The first-order valence-electron chi connectivity index (χ1n) is 13.5. The van der Waals surface area contributed by atoms with Crippen LogP contribution in [0.15, 0.2) is 36.4 Å². The van der Waals surface area contributed by atoms with Crippen molar-refractivity contribution in [3.63, 3.8) is 0 Å². The summed E-state index contributed by atoms with van der Waals surface area (Å²) in [5.74, 6) is -5.57. The van der Waals surface area contributed by atoms with Crippen LogP contribution in [0.3, 0.4) is 0 Å². The highest BCUT2D eigenvalue weighted by atomic mass is 19.3. The minimum Gasteiger partial charge on any atom is -0.493 e. The van der Waals surface area contributed by atoms with Crippen molar-refractivity contribution in [1.82, 2.24) is 0 Å². The van der Waals surface area contributed by atoms with Crippen molar-refractivity contribution in [2.24, 2.45) is 17.8 Å². The molecule has 0 bridgehead atoms. The Morgan fingerprint density at radius 1 is 0.800 bits per heavy atom. The molecule has 1 heterocycles. The molecule has 0 saturated heterocycles. The van der Waals surface area contributed by atoms with E-state index >= 15 is 4.39 Å². The lowest BCUT2D eigenvalue weighted by atomic mass is 9.74. The SMILES string of the molecule is CCc1c(F)cc(OC(F)(F)c2c(F)cc(-c3cc4c(cc3F)CC(C3CCC(C)CC3)CO4)cc2F)cc1F. The second kappa shape index (κ2) is 11.0. The molecule has 0 radical (unpaired) electrons. The molecule has 5 rings (SSSR count). The molecule has 1 atom stereocenters. The van der Waals surface area contributed by atoms with Gasteiger partial charge in [-0.3, -0.25) is 0 Å². The van der Waals surface area contributed by atoms with Gasteiger partial charge in [0.05, 0.1) is 6.61 Å². The summed E-state index contributed by atoms with van der Waals surface area (Å²) >= 11 is 0. The lowest BCUT2D eigenvalue weighted by Gasteiger charge is -2.35. The van der Waals surface area contributed by atoms with Crippen molar-refractivity contribution in [1.29, 1.82) is 0 Å². The van der Waals surface area contributed by atoms with E-state index < -0.39 is 46.5 Å². The van der Waals surface area contributed by atoms with Crippen molar-refractivity contribution in [3.05, 3.63) is 82.2 Å². The summed E-state index contributed by atoms with van der Waals surface area (Å²) in [4.78, 5) is 0. The first kappa shape index (κ1) is 28.3. The third-order valence-corrected chi connectivity index (χ3v) is 8.17. The molecule has 1 unspecified atom stereocenters. The highest BCUT2D eigenvalue weighted by molar-refractivity contribution is 5.68. The fourth-order valence-electron chi connectivity index (χ4n) is 5.89. The number of fused-ring (bicyclic) bond motifs is 1. The predicted molar refractivity (Wildman–Crippen MR) is 136 cm³/mol. The third-order valence-electron chi connectivity index (χ3n) is 8.17. The van der Waals surface area contributed by atoms with Crippen LogP contribution in [-0.2, 0) is 19.0 Å². The van der Waals surface area contributed by atoms with Gasteiger partial charge in [-0.2, -0.15) is 8.78 Å². The maximum atomic E-state index is 15.2. The Morgan fingerprint density at radius 3 is 2.02 bits per heavy atom. The molecule has 9 heteroatoms. The average Bonchev–Trinajstić information content (AvgIpc) is 2.87. The lowest BCUT2D eigenvalue weighted by Crippen LogP contribution is -2.30. The monoisotopic (exact) mass is 566 g/mol. The summed E-state index contributed by atoms with van der Waals surface area (Å²) in [6.45, 7) is 4.15. The molecule has 1 aliphatic heterocycles. The molecular weight excluding hydrogens is 537 g/mol. The standard InChI is InChI=1S/C31H29F7O2/c1-3-22-25(33)12-21(13-26(22)34)40-31(37,38)30-27(35)9-18(10-28(30)36)23-14-29-19(11-24(23)32)8-20(15-39-29)17-6-4-16(2)5-7-17/h9-14,16-17,20H,3-8,15H2,1-2H3. The molecule has 3 aromatic rings. The van der Waals surface area contributed by atoms with Crippen molar-refractivity contribution in [3.8, 4) is 22.6 Å². The summed E-state index contributed by atoms with van der Waals surface area (Å²) in [5.41, 5.74) is -1.98. The van der Waals surface area contributed by atoms with Crippen molar-refractivity contribution in [2.75, 3.05) is 6.61 Å². The molecule has 0 N–H and O–H groups in total. The molecule has 0 spiro atoms. The quantitative estimate of drug-likeness (QED) is 0.277. The molecule has 214 valence electrons. The first-order chi connectivity index (χ1) is 19.0. The largest absolute Gasteiger partial charge is 0.493 e. The van der Waals surface area contributed by atoms with Crippen LogP contribution in [0.1, 0.15) is 56.2 Å². The number of alkyl halides is 2. The van der Waals surface area contributed by atoms with Gasteiger partial charge in [-0.25, -0.2) is 22.0 Å². The van der Waals surface area contributed by atoms with E-state index in [1.165, 1.54) is 19.1 Å². The smallest absolute Gasteiger partial charge is 0.432 e. The van der Waals surface area contributed by atoms with E-state index in [0.717, 1.165) is 25.7 Å². The topological polar surface area (TPSA) is 18.5 Å². The van der Waals surface area contributed by atoms with Gasteiger partial charge in [-0.15, -0.1) is 0 Å². The van der Waals surface area contributed by atoms with Gasteiger partial charge in [-0.1, -0.05) is 26.7 Å². The minimum atomic E-state index is -4.62. The van der Waals surface area contributed by atoms with Gasteiger partial charge in [-0.05, 0) is 78.8 Å². The maximum Gasteiger partial charge on any atom is 0.432 e. The summed E-state index contributed by atoms with van der Waals surface area (Å²) in [6, 6.07) is 4.76. The van der Waals surface area contributed by atoms with Crippen molar-refractivity contribution < 1.29 is 40.2 Å². The Balaban J connectivity index is 1.39. The lowest BCUT2D eigenvalue weighted by molar-refractivity contribution is -0.189. The van der Waals surface area contributed by atoms with E-state index in [-0.39, 0.29) is 29.0 Å². The summed E-state index contributed by atoms with van der Waals surface area (Å²) < 4.78 is 113. The molecule has 2 nitrogen and oxygen atoms in total. The Hall–Kier alpha value is -3.23. The van der Waals surface area contributed by atoms with Gasteiger partial charge < -0.3 is 9.47 Å². The molecule has 40 heavy (non-hydrogen) atoms. The van der Waals surface area contributed by atoms with E-state index in [2.05, 4.69) is 11.7 Å². The summed E-state index contributed by atoms with van der Waals surface area (Å²) in [5, 5.41) is 0. The van der Waals surface area contributed by atoms with Crippen LogP contribution in [0.25, 0.3) is 11.1 Å². The average molecular weight is 567 g/mol. The minimum absolute atomic E-state index is 0.0379. The molecular formula is C31H29F7O2. The fraction of sp³-hybridized carbons (Fsp3) is 0.419. The van der Waals surface area contributed by atoms with Gasteiger partial charge in [0.25, 0.3) is 0 Å². The number of benzene rings is 3. The number of rotatable bonds is 6. The van der Waals surface area contributed by atoms with Crippen LogP contribution in [0.5, 0.6) is 11.5 Å². The Bertz CT molecular complexity index is 1370. The van der Waals surface area contributed by atoms with E-state index in [9.17, 15) is 26.3 Å². The second-order valence-electron chi connectivity index (χ2n) is 10.9. The van der Waals surface area contributed by atoms with Gasteiger partial charge in [0.15, 0.2) is 0 Å². The van der Waals surface area contributed by atoms with Crippen molar-refractivity contribution in [2.45, 2.75) is 58.5 Å². The number of hydrogen-bond donors (Lipinski definition) is 0. The molecule has 2 aliphatic rings. The zero-order valence-corrected chi connectivity index (χ0v) is 22.1. The zero-order valence-electron chi connectivity index (χ0n) is 22.1. The van der Waals surface area contributed by atoms with E-state index in [1.54, 1.807) is 0 Å². The second-order valence-corrected chi connectivity index (χ2v) is 10.9. The van der Waals surface area contributed by atoms with E-state index in [4.69, 9.17) is 4.74 Å². The third kappa shape index (κ3) is 5.52. The number of halogens is 7. The molecule has 1 saturated carbocycles. The maximum absolute atomic E-state index is 15.2. The number of ether oxygens (including phenoxy) is 2. The van der Waals surface area contributed by atoms with Crippen molar-refractivity contribution >= 4 is 0 Å². The van der Waals surface area contributed by atoms with Crippen LogP contribution < -0.4 is 9.47 Å². The van der Waals surface area contributed by atoms with Crippen LogP contribution in [0.4, 0.5) is 30.7 Å². The van der Waals surface area contributed by atoms with Crippen LogP contribution in [-0.4, -0.2) is 6.61 Å². The van der Waals surface area contributed by atoms with E-state index in [1.807, 2.05) is 0 Å². The molecule has 3 aromatic carbocycles. The molecule has 1 aliphatic carbocycles. The zero-order chi connectivity index (χ0) is 28.8. The fourth-order valence-corrected chi connectivity index (χ4v) is 5.89. The Labute approximate surface area is 228 Å². The normalized spacial score (nSPS) is 21.1. The highest BCUT2D eigenvalue weighted by Crippen LogP contribution is 2.42. The van der Waals surface area contributed by atoms with Gasteiger partial charge >= 0.3 is 6.11 Å². The van der Waals surface area contributed by atoms with Gasteiger partial charge in [0, 0.05) is 23.3 Å². The van der Waals surface area contributed by atoms with Crippen LogP contribution in [0, 0.1) is 46.8 Å². The summed E-state index contributed by atoms with van der Waals surface area (Å²) in [6.07, 6.45) is 0.454.